The summed E-state index contributed by atoms with van der Waals surface area (Å²) >= 11 is 1.61. The van der Waals surface area contributed by atoms with E-state index in [9.17, 15) is 4.79 Å². The van der Waals surface area contributed by atoms with Gasteiger partial charge in [0.15, 0.2) is 5.16 Å². The van der Waals surface area contributed by atoms with Crippen molar-refractivity contribution in [1.82, 2.24) is 19.4 Å². The highest BCUT2D eigenvalue weighted by atomic mass is 32.2. The molecular formula is C19H24N4OS. The zero-order valence-corrected chi connectivity index (χ0v) is 15.4. The average molecular weight is 356 g/mol. The minimum atomic E-state index is 0.156. The van der Waals surface area contributed by atoms with E-state index >= 15 is 0 Å². The first-order chi connectivity index (χ1) is 12.3. The van der Waals surface area contributed by atoms with E-state index in [0.29, 0.717) is 6.04 Å². The molecule has 0 saturated carbocycles. The Kier molecular flexibility index (Phi) is 4.81. The molecule has 5 nitrogen and oxygen atoms in total. The van der Waals surface area contributed by atoms with Gasteiger partial charge in [-0.15, -0.1) is 0 Å². The number of benzene rings is 1. The molecule has 4 rings (SSSR count). The molecular weight excluding hydrogens is 332 g/mol. The molecule has 6 heteroatoms. The lowest BCUT2D eigenvalue weighted by Crippen LogP contribution is -2.37. The number of likely N-dealkylation sites (tertiary alicyclic amines) is 2. The molecule has 0 bridgehead atoms. The number of aromatic nitrogens is 2. The summed E-state index contributed by atoms with van der Waals surface area (Å²) in [5.74, 6) is 0.156. The Balaban J connectivity index is 1.44. The Morgan fingerprint density at radius 2 is 1.92 bits per heavy atom. The number of hydrogen-bond acceptors (Lipinski definition) is 4. The maximum atomic E-state index is 12.8. The lowest BCUT2D eigenvalue weighted by molar-refractivity contribution is 0.0780. The molecule has 2 aliphatic heterocycles. The van der Waals surface area contributed by atoms with E-state index in [1.807, 2.05) is 46.2 Å². The summed E-state index contributed by atoms with van der Waals surface area (Å²) in [5.41, 5.74) is 1.81. The van der Waals surface area contributed by atoms with Gasteiger partial charge in [0.1, 0.15) is 0 Å². The quantitative estimate of drug-likeness (QED) is 0.790. The van der Waals surface area contributed by atoms with E-state index in [1.54, 1.807) is 18.0 Å². The number of carbonyl (C=O) groups excluding carboxylic acids is 1. The van der Waals surface area contributed by atoms with Crippen molar-refractivity contribution in [3.05, 3.63) is 42.2 Å². The monoisotopic (exact) mass is 356 g/mol. The summed E-state index contributed by atoms with van der Waals surface area (Å²) < 4.78 is 2.04. The van der Waals surface area contributed by atoms with E-state index in [1.165, 1.54) is 25.9 Å². The maximum Gasteiger partial charge on any atom is 0.253 e. The summed E-state index contributed by atoms with van der Waals surface area (Å²) in [4.78, 5) is 21.7. The first kappa shape index (κ1) is 16.7. The molecule has 25 heavy (non-hydrogen) atoms. The number of hydrogen-bond donors (Lipinski definition) is 0. The van der Waals surface area contributed by atoms with Crippen molar-refractivity contribution < 1.29 is 4.79 Å². The van der Waals surface area contributed by atoms with Gasteiger partial charge in [-0.3, -0.25) is 14.3 Å². The summed E-state index contributed by atoms with van der Waals surface area (Å²) in [6, 6.07) is 8.43. The summed E-state index contributed by atoms with van der Waals surface area (Å²) in [6.45, 7) is 4.15. The highest BCUT2D eigenvalue weighted by Gasteiger charge is 2.31. The van der Waals surface area contributed by atoms with E-state index < -0.39 is 0 Å². The molecule has 132 valence electrons. The van der Waals surface area contributed by atoms with Crippen LogP contribution in [-0.2, 0) is 0 Å². The molecule has 1 aromatic carbocycles. The molecule has 3 heterocycles. The molecule has 0 N–H and O–H groups in total. The number of imidazole rings is 1. The Bertz CT molecular complexity index is 736. The average Bonchev–Trinajstić information content (AvgIpc) is 3.41. The largest absolute Gasteiger partial charge is 0.337 e. The van der Waals surface area contributed by atoms with Crippen molar-refractivity contribution in [2.75, 3.05) is 32.4 Å². The fourth-order valence-corrected chi connectivity index (χ4v) is 4.44. The van der Waals surface area contributed by atoms with Gasteiger partial charge in [0, 0.05) is 42.8 Å². The van der Waals surface area contributed by atoms with Crippen LogP contribution in [0.1, 0.15) is 29.6 Å². The van der Waals surface area contributed by atoms with Crippen molar-refractivity contribution in [2.24, 2.45) is 0 Å². The highest BCUT2D eigenvalue weighted by molar-refractivity contribution is 7.98. The summed E-state index contributed by atoms with van der Waals surface area (Å²) in [5, 5.41) is 0.951. The minimum absolute atomic E-state index is 0.156. The molecule has 0 spiro atoms. The Morgan fingerprint density at radius 1 is 1.16 bits per heavy atom. The Morgan fingerprint density at radius 3 is 2.64 bits per heavy atom. The topological polar surface area (TPSA) is 41.4 Å². The third-order valence-corrected chi connectivity index (χ3v) is 5.96. The smallest absolute Gasteiger partial charge is 0.253 e. The van der Waals surface area contributed by atoms with Crippen LogP contribution in [0.2, 0.25) is 0 Å². The second-order valence-electron chi connectivity index (χ2n) is 6.77. The molecule has 2 aromatic rings. The molecule has 1 aromatic heterocycles. The van der Waals surface area contributed by atoms with E-state index in [0.717, 1.165) is 35.9 Å². The highest BCUT2D eigenvalue weighted by Crippen LogP contribution is 2.23. The number of nitrogens with zero attached hydrogens (tertiary/aromatic N) is 4. The van der Waals surface area contributed by atoms with Crippen molar-refractivity contribution >= 4 is 17.7 Å². The third-order valence-electron chi connectivity index (χ3n) is 5.29. The van der Waals surface area contributed by atoms with Gasteiger partial charge in [0.25, 0.3) is 5.91 Å². The van der Waals surface area contributed by atoms with Crippen LogP contribution in [0.3, 0.4) is 0 Å². The van der Waals surface area contributed by atoms with Crippen LogP contribution < -0.4 is 0 Å². The first-order valence-corrected chi connectivity index (χ1v) is 10.2. The van der Waals surface area contributed by atoms with E-state index in [4.69, 9.17) is 0 Å². The number of thioether (sulfide) groups is 1. The molecule has 1 atom stereocenters. The fourth-order valence-electron chi connectivity index (χ4n) is 3.92. The second-order valence-corrected chi connectivity index (χ2v) is 7.54. The van der Waals surface area contributed by atoms with Crippen molar-refractivity contribution in [2.45, 2.75) is 30.5 Å². The van der Waals surface area contributed by atoms with Crippen LogP contribution in [-0.4, -0.2) is 63.7 Å². The van der Waals surface area contributed by atoms with Crippen LogP contribution in [0.5, 0.6) is 0 Å². The van der Waals surface area contributed by atoms with Crippen molar-refractivity contribution in [3.8, 4) is 5.69 Å². The Hall–Kier alpha value is -1.79. The normalized spacial score (nSPS) is 21.2. The van der Waals surface area contributed by atoms with Gasteiger partial charge in [-0.1, -0.05) is 11.8 Å². The number of amides is 1. The number of carbonyl (C=O) groups is 1. The lowest BCUT2D eigenvalue weighted by Gasteiger charge is -2.23. The summed E-state index contributed by atoms with van der Waals surface area (Å²) in [6.07, 6.45) is 9.48. The van der Waals surface area contributed by atoms with Crippen LogP contribution in [0, 0.1) is 0 Å². The van der Waals surface area contributed by atoms with Gasteiger partial charge in [0.2, 0.25) is 0 Å². The van der Waals surface area contributed by atoms with Crippen molar-refractivity contribution in [1.29, 1.82) is 0 Å². The predicted molar refractivity (Wildman–Crippen MR) is 100 cm³/mol. The SMILES string of the molecule is CSc1nccn1-c1ccc(C(=O)N2CCC(N3CCCC3)C2)cc1. The second kappa shape index (κ2) is 7.22. The molecule has 0 radical (unpaired) electrons. The molecule has 2 saturated heterocycles. The maximum absolute atomic E-state index is 12.8. The van der Waals surface area contributed by atoms with Gasteiger partial charge in [-0.05, 0) is 62.9 Å². The predicted octanol–water partition coefficient (Wildman–Crippen LogP) is 2.90. The third kappa shape index (κ3) is 3.33. The lowest BCUT2D eigenvalue weighted by atomic mass is 10.2. The van der Waals surface area contributed by atoms with Crippen LogP contribution >= 0.6 is 11.8 Å². The first-order valence-electron chi connectivity index (χ1n) is 8.97. The number of rotatable bonds is 4. The Labute approximate surface area is 153 Å². The van der Waals surface area contributed by atoms with Crippen molar-refractivity contribution in [3.63, 3.8) is 0 Å². The standard InChI is InChI=1S/C19H24N4OS/c1-25-19-20-9-13-23(19)16-6-4-15(5-7-16)18(24)22-12-8-17(14-22)21-10-2-3-11-21/h4-7,9,13,17H,2-3,8,10-12,14H2,1H3. The van der Waals surface area contributed by atoms with Crippen LogP contribution in [0.4, 0.5) is 0 Å². The molecule has 1 unspecified atom stereocenters. The van der Waals surface area contributed by atoms with Gasteiger partial charge in [0.05, 0.1) is 0 Å². The van der Waals surface area contributed by atoms with Crippen LogP contribution in [0.25, 0.3) is 5.69 Å². The zero-order valence-electron chi connectivity index (χ0n) is 14.6. The van der Waals surface area contributed by atoms with E-state index in [-0.39, 0.29) is 5.91 Å². The van der Waals surface area contributed by atoms with Gasteiger partial charge in [-0.2, -0.15) is 0 Å². The molecule has 0 aliphatic carbocycles. The molecule has 1 amide bonds. The van der Waals surface area contributed by atoms with Gasteiger partial charge < -0.3 is 4.90 Å². The van der Waals surface area contributed by atoms with Crippen LogP contribution in [0.15, 0.2) is 41.8 Å². The fraction of sp³-hybridized carbons (Fsp3) is 0.474. The minimum Gasteiger partial charge on any atom is -0.337 e. The van der Waals surface area contributed by atoms with Gasteiger partial charge in [-0.25, -0.2) is 4.98 Å². The van der Waals surface area contributed by atoms with Gasteiger partial charge >= 0.3 is 0 Å². The summed E-state index contributed by atoms with van der Waals surface area (Å²) in [7, 11) is 0. The van der Waals surface area contributed by atoms with E-state index in [2.05, 4.69) is 9.88 Å². The molecule has 2 aliphatic rings. The molecule has 2 fully saturated rings. The zero-order chi connectivity index (χ0) is 17.2.